The molecule has 0 radical (unpaired) electrons. The Morgan fingerprint density at radius 2 is 1.91 bits per heavy atom. The number of nitrogens with zero attached hydrogens (tertiary/aromatic N) is 3. The van der Waals surface area contributed by atoms with Gasteiger partial charge in [0.05, 0.1) is 5.92 Å². The van der Waals surface area contributed by atoms with E-state index in [1.54, 1.807) is 23.1 Å². The minimum Gasteiger partial charge on any atom is -0.338 e. The first-order chi connectivity index (χ1) is 15.4. The lowest BCUT2D eigenvalue weighted by Crippen LogP contribution is -2.28. The highest BCUT2D eigenvalue weighted by atomic mass is 35.5. The third-order valence-corrected chi connectivity index (χ3v) is 7.82. The van der Waals surface area contributed by atoms with Gasteiger partial charge in [-0.3, -0.25) is 9.59 Å². The number of carbonyl (C=O) groups is 2. The van der Waals surface area contributed by atoms with E-state index in [1.165, 1.54) is 28.7 Å². The van der Waals surface area contributed by atoms with Crippen LogP contribution in [0.4, 0.5) is 5.13 Å². The maximum absolute atomic E-state index is 12.7. The lowest BCUT2D eigenvalue weighted by atomic mass is 10.1. The molecule has 1 fully saturated rings. The quantitative estimate of drug-likeness (QED) is 0.341. The average Bonchev–Trinajstić information content (AvgIpc) is 3.36. The molecule has 0 saturated carbocycles. The van der Waals surface area contributed by atoms with Crippen molar-refractivity contribution in [2.75, 3.05) is 11.9 Å². The Hall–Kier alpha value is -2.13. The van der Waals surface area contributed by atoms with E-state index in [1.807, 2.05) is 31.2 Å². The van der Waals surface area contributed by atoms with Crippen LogP contribution in [0.1, 0.15) is 23.1 Å². The van der Waals surface area contributed by atoms with Crippen LogP contribution in [-0.2, 0) is 21.9 Å². The van der Waals surface area contributed by atoms with Gasteiger partial charge in [0.15, 0.2) is 4.34 Å². The van der Waals surface area contributed by atoms with Crippen molar-refractivity contribution in [1.82, 2.24) is 15.1 Å². The summed E-state index contributed by atoms with van der Waals surface area (Å²) in [6.07, 6.45) is 0.198. The van der Waals surface area contributed by atoms with Gasteiger partial charge in [-0.1, -0.05) is 82.2 Å². The van der Waals surface area contributed by atoms with Crippen LogP contribution in [0.2, 0.25) is 10.0 Å². The first-order valence-electron chi connectivity index (χ1n) is 9.92. The summed E-state index contributed by atoms with van der Waals surface area (Å²) in [6, 6.07) is 13.4. The van der Waals surface area contributed by atoms with Crippen molar-refractivity contribution in [2.24, 2.45) is 5.92 Å². The molecule has 1 aliphatic heterocycles. The number of hydrogen-bond donors (Lipinski definition) is 1. The van der Waals surface area contributed by atoms with Gasteiger partial charge in [-0.25, -0.2) is 0 Å². The van der Waals surface area contributed by atoms with Crippen LogP contribution < -0.4 is 5.32 Å². The Morgan fingerprint density at radius 1 is 1.19 bits per heavy atom. The molecule has 1 saturated heterocycles. The molecule has 1 N–H and O–H groups in total. The fraction of sp³-hybridized carbons (Fsp3) is 0.273. The predicted octanol–water partition coefficient (Wildman–Crippen LogP) is 5.43. The highest BCUT2D eigenvalue weighted by molar-refractivity contribution is 8.00. The highest BCUT2D eigenvalue weighted by Crippen LogP contribution is 2.34. The second-order valence-electron chi connectivity index (χ2n) is 7.51. The Balaban J connectivity index is 1.31. The van der Waals surface area contributed by atoms with E-state index in [9.17, 15) is 9.59 Å². The maximum Gasteiger partial charge on any atom is 0.231 e. The summed E-state index contributed by atoms with van der Waals surface area (Å²) in [6.45, 7) is 2.92. The number of nitrogens with one attached hydrogen (secondary N) is 1. The maximum atomic E-state index is 12.7. The molecule has 10 heteroatoms. The van der Waals surface area contributed by atoms with Crippen molar-refractivity contribution in [3.63, 3.8) is 0 Å². The van der Waals surface area contributed by atoms with E-state index in [4.69, 9.17) is 23.2 Å². The SMILES string of the molecule is Cc1ccc(CN2C[C@H](C(=O)Nc3nnc(SCc4c(Cl)cccc4Cl)s3)CC2=O)cc1. The molecular formula is C22H20Cl2N4O2S2. The fourth-order valence-corrected chi connectivity index (χ4v) is 5.84. The number of benzene rings is 2. The zero-order chi connectivity index (χ0) is 22.7. The predicted molar refractivity (Wildman–Crippen MR) is 129 cm³/mol. The molecule has 2 aromatic carbocycles. The topological polar surface area (TPSA) is 75.2 Å². The van der Waals surface area contributed by atoms with Crippen LogP contribution in [0.5, 0.6) is 0 Å². The van der Waals surface area contributed by atoms with Gasteiger partial charge < -0.3 is 10.2 Å². The van der Waals surface area contributed by atoms with Gasteiger partial charge in [0.25, 0.3) is 0 Å². The number of rotatable bonds is 7. The van der Waals surface area contributed by atoms with Crippen LogP contribution in [0, 0.1) is 12.8 Å². The zero-order valence-electron chi connectivity index (χ0n) is 17.2. The van der Waals surface area contributed by atoms with Gasteiger partial charge in [0.2, 0.25) is 16.9 Å². The Bertz CT molecular complexity index is 1120. The van der Waals surface area contributed by atoms with Crippen molar-refractivity contribution >= 4 is 63.2 Å². The molecule has 0 unspecified atom stereocenters. The lowest BCUT2D eigenvalue weighted by molar-refractivity contribution is -0.128. The second-order valence-corrected chi connectivity index (χ2v) is 10.5. The van der Waals surface area contributed by atoms with Crippen molar-refractivity contribution in [3.05, 3.63) is 69.2 Å². The molecular weight excluding hydrogens is 487 g/mol. The number of likely N-dealkylation sites (tertiary alicyclic amines) is 1. The minimum atomic E-state index is -0.408. The average molecular weight is 507 g/mol. The van der Waals surface area contributed by atoms with Gasteiger partial charge in [-0.05, 0) is 30.2 Å². The Morgan fingerprint density at radius 3 is 2.62 bits per heavy atom. The van der Waals surface area contributed by atoms with Gasteiger partial charge in [-0.2, -0.15) is 0 Å². The number of amides is 2. The molecule has 0 aliphatic carbocycles. The summed E-state index contributed by atoms with van der Waals surface area (Å²) in [5.41, 5.74) is 3.05. The first-order valence-corrected chi connectivity index (χ1v) is 12.5. The van der Waals surface area contributed by atoms with Crippen LogP contribution in [0.25, 0.3) is 0 Å². The van der Waals surface area contributed by atoms with Crippen molar-refractivity contribution in [1.29, 1.82) is 0 Å². The smallest absolute Gasteiger partial charge is 0.231 e. The number of anilines is 1. The second kappa shape index (κ2) is 10.2. The molecule has 166 valence electrons. The standard InChI is InChI=1S/C22H20Cl2N4O2S2/c1-13-5-7-14(8-6-13)10-28-11-15(9-19(28)29)20(30)25-21-26-27-22(32-21)31-12-16-17(23)3-2-4-18(16)24/h2-8,15H,9-12H2,1H3,(H,25,26,30)/t15-/m1/s1. The molecule has 0 spiro atoms. The van der Waals surface area contributed by atoms with Crippen molar-refractivity contribution < 1.29 is 9.59 Å². The molecule has 4 rings (SSSR count). The van der Waals surface area contributed by atoms with E-state index in [2.05, 4.69) is 15.5 Å². The zero-order valence-corrected chi connectivity index (χ0v) is 20.3. The van der Waals surface area contributed by atoms with Crippen molar-refractivity contribution in [2.45, 2.75) is 30.0 Å². The number of thioether (sulfide) groups is 1. The van der Waals surface area contributed by atoms with Gasteiger partial charge in [0, 0.05) is 35.3 Å². The molecule has 1 aliphatic rings. The summed E-state index contributed by atoms with van der Waals surface area (Å²) in [5.74, 6) is -0.0936. The molecule has 2 heterocycles. The number of hydrogen-bond acceptors (Lipinski definition) is 6. The largest absolute Gasteiger partial charge is 0.338 e. The number of aryl methyl sites for hydroxylation is 1. The van der Waals surface area contributed by atoms with Gasteiger partial charge in [-0.15, -0.1) is 10.2 Å². The summed E-state index contributed by atoms with van der Waals surface area (Å²) in [4.78, 5) is 26.8. The molecule has 32 heavy (non-hydrogen) atoms. The first kappa shape index (κ1) is 23.0. The van der Waals surface area contributed by atoms with E-state index in [-0.39, 0.29) is 18.2 Å². The number of aromatic nitrogens is 2. The third-order valence-electron chi connectivity index (χ3n) is 5.12. The van der Waals surface area contributed by atoms with Crippen LogP contribution in [0.3, 0.4) is 0 Å². The molecule has 2 amide bonds. The molecule has 1 atom stereocenters. The lowest BCUT2D eigenvalue weighted by Gasteiger charge is -2.16. The van der Waals surface area contributed by atoms with E-state index in [0.717, 1.165) is 11.1 Å². The molecule has 1 aromatic heterocycles. The number of carbonyl (C=O) groups excluding carboxylic acids is 2. The van der Waals surface area contributed by atoms with E-state index < -0.39 is 5.92 Å². The van der Waals surface area contributed by atoms with E-state index in [0.29, 0.717) is 38.4 Å². The van der Waals surface area contributed by atoms with Gasteiger partial charge in [0.1, 0.15) is 0 Å². The fourth-order valence-electron chi connectivity index (χ4n) is 3.34. The monoisotopic (exact) mass is 506 g/mol. The van der Waals surface area contributed by atoms with Crippen LogP contribution in [0.15, 0.2) is 46.8 Å². The van der Waals surface area contributed by atoms with E-state index >= 15 is 0 Å². The highest BCUT2D eigenvalue weighted by Gasteiger charge is 2.34. The molecule has 6 nitrogen and oxygen atoms in total. The summed E-state index contributed by atoms with van der Waals surface area (Å²) in [5, 5.41) is 12.6. The summed E-state index contributed by atoms with van der Waals surface area (Å²) < 4.78 is 0.694. The van der Waals surface area contributed by atoms with Crippen molar-refractivity contribution in [3.8, 4) is 0 Å². The third kappa shape index (κ3) is 5.61. The Kier molecular flexibility index (Phi) is 7.35. The summed E-state index contributed by atoms with van der Waals surface area (Å²) in [7, 11) is 0. The normalized spacial score (nSPS) is 15.9. The van der Waals surface area contributed by atoms with Crippen LogP contribution >= 0.6 is 46.3 Å². The molecule has 0 bridgehead atoms. The minimum absolute atomic E-state index is 0.0177. The van der Waals surface area contributed by atoms with Crippen LogP contribution in [-0.4, -0.2) is 33.5 Å². The Labute approximate surface area is 204 Å². The summed E-state index contributed by atoms with van der Waals surface area (Å²) >= 11 is 15.1. The number of halogens is 2. The van der Waals surface area contributed by atoms with Gasteiger partial charge >= 0.3 is 0 Å². The molecule has 3 aromatic rings.